The molecule has 1 aliphatic heterocycles. The number of rotatable bonds is 3. The molecule has 6 heteroatoms. The van der Waals surface area contributed by atoms with Crippen LogP contribution in [0.2, 0.25) is 0 Å². The molecule has 0 N–H and O–H groups in total. The lowest BCUT2D eigenvalue weighted by atomic mass is 10.1. The summed E-state index contributed by atoms with van der Waals surface area (Å²) in [5.41, 5.74) is 0.733. The fraction of sp³-hybridized carbons (Fsp3) is 0.400. The minimum atomic E-state index is -0.948. The molecule has 86 valence electrons. The van der Waals surface area contributed by atoms with Crippen molar-refractivity contribution in [2.24, 2.45) is 0 Å². The topological polar surface area (TPSA) is 61.6 Å². The minimum absolute atomic E-state index is 0.0338. The fourth-order valence-electron chi connectivity index (χ4n) is 1.61. The summed E-state index contributed by atoms with van der Waals surface area (Å²) in [6.07, 6.45) is 0. The Hall–Kier alpha value is -1.17. The smallest absolute Gasteiger partial charge is 0.269 e. The van der Waals surface area contributed by atoms with Gasteiger partial charge in [-0.05, 0) is 12.1 Å². The third-order valence-electron chi connectivity index (χ3n) is 2.45. The Morgan fingerprint density at radius 2 is 1.88 bits per heavy atom. The standard InChI is InChI=1S/C10H10ClNO4/c11-7-10(15-5-6-16-10)8-1-3-9(4-2-8)12(13)14/h1-4H,5-7H2. The summed E-state index contributed by atoms with van der Waals surface area (Å²) < 4.78 is 10.9. The number of halogens is 1. The monoisotopic (exact) mass is 243 g/mol. The molecule has 16 heavy (non-hydrogen) atoms. The van der Waals surface area contributed by atoms with E-state index in [0.717, 1.165) is 0 Å². The average molecular weight is 244 g/mol. The van der Waals surface area contributed by atoms with Crippen LogP contribution in [0.4, 0.5) is 5.69 Å². The second-order valence-electron chi connectivity index (χ2n) is 3.39. The predicted octanol–water partition coefficient (Wildman–Crippen LogP) is 2.03. The summed E-state index contributed by atoms with van der Waals surface area (Å²) in [5, 5.41) is 10.5. The maximum atomic E-state index is 10.5. The second kappa shape index (κ2) is 4.37. The van der Waals surface area contributed by atoms with E-state index in [1.165, 1.54) is 12.1 Å². The van der Waals surface area contributed by atoms with Crippen LogP contribution < -0.4 is 0 Å². The van der Waals surface area contributed by atoms with Gasteiger partial charge in [-0.25, -0.2) is 0 Å². The van der Waals surface area contributed by atoms with Crippen molar-refractivity contribution in [3.05, 3.63) is 39.9 Å². The summed E-state index contributed by atoms with van der Waals surface area (Å²) in [7, 11) is 0. The van der Waals surface area contributed by atoms with Crippen molar-refractivity contribution in [3.8, 4) is 0 Å². The highest BCUT2D eigenvalue weighted by Gasteiger charge is 2.37. The molecular formula is C10H10ClNO4. The Morgan fingerprint density at radius 1 is 1.31 bits per heavy atom. The van der Waals surface area contributed by atoms with Crippen LogP contribution >= 0.6 is 11.6 Å². The summed E-state index contributed by atoms with van der Waals surface area (Å²) in [5.74, 6) is -0.790. The van der Waals surface area contributed by atoms with E-state index in [9.17, 15) is 10.1 Å². The summed E-state index contributed by atoms with van der Waals surface area (Å²) >= 11 is 5.82. The molecule has 1 aromatic rings. The predicted molar refractivity (Wildman–Crippen MR) is 57.4 cm³/mol. The van der Waals surface area contributed by atoms with E-state index in [-0.39, 0.29) is 11.6 Å². The fourth-order valence-corrected chi connectivity index (χ4v) is 1.92. The molecule has 1 heterocycles. The molecule has 0 amide bonds. The van der Waals surface area contributed by atoms with Gasteiger partial charge in [-0.1, -0.05) is 0 Å². The Balaban J connectivity index is 2.29. The number of nitro groups is 1. The van der Waals surface area contributed by atoms with Crippen LogP contribution in [0.15, 0.2) is 24.3 Å². The van der Waals surface area contributed by atoms with Gasteiger partial charge in [0.15, 0.2) is 0 Å². The van der Waals surface area contributed by atoms with Gasteiger partial charge >= 0.3 is 0 Å². The van der Waals surface area contributed by atoms with Crippen molar-refractivity contribution >= 4 is 17.3 Å². The zero-order chi connectivity index (χ0) is 11.6. The highest BCUT2D eigenvalue weighted by Crippen LogP contribution is 2.33. The molecule has 0 atom stereocenters. The van der Waals surface area contributed by atoms with E-state index >= 15 is 0 Å². The molecule has 1 aliphatic rings. The number of non-ortho nitro benzene ring substituents is 1. The third kappa shape index (κ3) is 1.89. The van der Waals surface area contributed by atoms with Crippen molar-refractivity contribution in [3.63, 3.8) is 0 Å². The van der Waals surface area contributed by atoms with Crippen molar-refractivity contribution in [2.45, 2.75) is 5.79 Å². The Kier molecular flexibility index (Phi) is 3.09. The van der Waals surface area contributed by atoms with Crippen LogP contribution in [0.1, 0.15) is 5.56 Å². The second-order valence-corrected chi connectivity index (χ2v) is 3.65. The lowest BCUT2D eigenvalue weighted by Gasteiger charge is -2.24. The largest absolute Gasteiger partial charge is 0.342 e. The van der Waals surface area contributed by atoms with E-state index in [1.807, 2.05) is 0 Å². The SMILES string of the molecule is O=[N+]([O-])c1ccc(C2(CCl)OCCO2)cc1. The quantitative estimate of drug-likeness (QED) is 0.463. The number of ether oxygens (including phenoxy) is 2. The van der Waals surface area contributed by atoms with Crippen LogP contribution in [-0.4, -0.2) is 24.0 Å². The first-order valence-corrected chi connectivity index (χ1v) is 5.30. The number of hydrogen-bond donors (Lipinski definition) is 0. The lowest BCUT2D eigenvalue weighted by Crippen LogP contribution is -2.29. The molecular weight excluding hydrogens is 234 g/mol. The van der Waals surface area contributed by atoms with E-state index in [4.69, 9.17) is 21.1 Å². The Labute approximate surface area is 97.1 Å². The molecule has 5 nitrogen and oxygen atoms in total. The lowest BCUT2D eigenvalue weighted by molar-refractivity contribution is -0.384. The zero-order valence-electron chi connectivity index (χ0n) is 8.39. The zero-order valence-corrected chi connectivity index (χ0v) is 9.14. The van der Waals surface area contributed by atoms with Gasteiger partial charge in [0.05, 0.1) is 24.0 Å². The van der Waals surface area contributed by atoms with Crippen LogP contribution in [0.3, 0.4) is 0 Å². The Bertz CT molecular complexity index is 386. The van der Waals surface area contributed by atoms with Crippen LogP contribution in [-0.2, 0) is 15.3 Å². The summed E-state index contributed by atoms with van der Waals surface area (Å²) in [6, 6.07) is 6.03. The summed E-state index contributed by atoms with van der Waals surface area (Å²) in [6.45, 7) is 0.952. The highest BCUT2D eigenvalue weighted by atomic mass is 35.5. The van der Waals surface area contributed by atoms with E-state index in [0.29, 0.717) is 18.8 Å². The van der Waals surface area contributed by atoms with Crippen LogP contribution in [0, 0.1) is 10.1 Å². The molecule has 2 rings (SSSR count). The van der Waals surface area contributed by atoms with E-state index in [1.54, 1.807) is 12.1 Å². The number of benzene rings is 1. The van der Waals surface area contributed by atoms with Gasteiger partial charge in [-0.2, -0.15) is 0 Å². The highest BCUT2D eigenvalue weighted by molar-refractivity contribution is 6.18. The van der Waals surface area contributed by atoms with Crippen molar-refractivity contribution in [2.75, 3.05) is 19.1 Å². The molecule has 1 aromatic carbocycles. The van der Waals surface area contributed by atoms with E-state index in [2.05, 4.69) is 0 Å². The van der Waals surface area contributed by atoms with Gasteiger partial charge in [0.2, 0.25) is 5.79 Å². The molecule has 0 saturated carbocycles. The van der Waals surface area contributed by atoms with Gasteiger partial charge in [0.25, 0.3) is 5.69 Å². The molecule has 0 aromatic heterocycles. The Morgan fingerprint density at radius 3 is 2.31 bits per heavy atom. The normalized spacial score (nSPS) is 18.6. The molecule has 0 radical (unpaired) electrons. The van der Waals surface area contributed by atoms with Gasteiger partial charge in [0, 0.05) is 17.7 Å². The van der Waals surface area contributed by atoms with Gasteiger partial charge in [-0.15, -0.1) is 11.6 Å². The minimum Gasteiger partial charge on any atom is -0.342 e. The molecule has 0 aliphatic carbocycles. The molecule has 0 bridgehead atoms. The average Bonchev–Trinajstić information content (AvgIpc) is 2.79. The molecule has 1 saturated heterocycles. The number of nitrogens with zero attached hydrogens (tertiary/aromatic N) is 1. The van der Waals surface area contributed by atoms with Crippen LogP contribution in [0.25, 0.3) is 0 Å². The first kappa shape index (κ1) is 11.3. The first-order chi connectivity index (χ1) is 7.68. The van der Waals surface area contributed by atoms with Crippen molar-refractivity contribution < 1.29 is 14.4 Å². The maximum absolute atomic E-state index is 10.5. The van der Waals surface area contributed by atoms with Crippen molar-refractivity contribution in [1.82, 2.24) is 0 Å². The maximum Gasteiger partial charge on any atom is 0.269 e. The van der Waals surface area contributed by atoms with Gasteiger partial charge in [0.1, 0.15) is 0 Å². The van der Waals surface area contributed by atoms with Gasteiger partial charge < -0.3 is 9.47 Å². The summed E-state index contributed by atoms with van der Waals surface area (Å²) in [4.78, 5) is 10.0. The number of alkyl halides is 1. The van der Waals surface area contributed by atoms with E-state index < -0.39 is 10.7 Å². The number of nitro benzene ring substituents is 1. The molecule has 1 fully saturated rings. The van der Waals surface area contributed by atoms with Crippen molar-refractivity contribution in [1.29, 1.82) is 0 Å². The van der Waals surface area contributed by atoms with Crippen LogP contribution in [0.5, 0.6) is 0 Å². The third-order valence-corrected chi connectivity index (χ3v) is 2.80. The first-order valence-electron chi connectivity index (χ1n) is 4.77. The molecule has 0 unspecified atom stereocenters. The van der Waals surface area contributed by atoms with Gasteiger partial charge in [-0.3, -0.25) is 10.1 Å². The molecule has 0 spiro atoms. The number of hydrogen-bond acceptors (Lipinski definition) is 4.